The number of furan rings is 1. The zero-order chi connectivity index (χ0) is 12.9. The third kappa shape index (κ3) is 2.88. The molecule has 0 aliphatic heterocycles. The number of nitrogens with two attached hydrogens (primary N) is 1. The van der Waals surface area contributed by atoms with Crippen LogP contribution in [-0.2, 0) is 6.42 Å². The molecule has 0 aromatic carbocycles. The zero-order valence-corrected chi connectivity index (χ0v) is 10.9. The van der Waals surface area contributed by atoms with Gasteiger partial charge in [0.25, 0.3) is 5.91 Å². The summed E-state index contributed by atoms with van der Waals surface area (Å²) in [6.07, 6.45) is 3.91. The van der Waals surface area contributed by atoms with Crippen molar-refractivity contribution >= 4 is 5.91 Å². The van der Waals surface area contributed by atoms with Gasteiger partial charge in [-0.15, -0.1) is 0 Å². The average Bonchev–Trinajstić information content (AvgIpc) is 2.84. The third-order valence-corrected chi connectivity index (χ3v) is 3.43. The monoisotopic (exact) mass is 238 g/mol. The molecule has 0 saturated carbocycles. The number of aryl methyl sites for hydroxylation is 1. The molecule has 0 spiro atoms. The molecular weight excluding hydrogens is 216 g/mol. The zero-order valence-electron chi connectivity index (χ0n) is 10.9. The van der Waals surface area contributed by atoms with Gasteiger partial charge in [0.1, 0.15) is 5.76 Å². The van der Waals surface area contributed by atoms with E-state index in [9.17, 15) is 4.79 Å². The summed E-state index contributed by atoms with van der Waals surface area (Å²) in [5.41, 5.74) is 6.07. The van der Waals surface area contributed by atoms with E-state index in [2.05, 4.69) is 5.32 Å². The number of carbonyl (C=O) groups excluding carboxylic acids is 1. The molecule has 0 unspecified atom stereocenters. The van der Waals surface area contributed by atoms with Gasteiger partial charge in [0.15, 0.2) is 0 Å². The van der Waals surface area contributed by atoms with Gasteiger partial charge in [-0.25, -0.2) is 0 Å². The van der Waals surface area contributed by atoms with Crippen molar-refractivity contribution in [2.75, 3.05) is 6.54 Å². The van der Waals surface area contributed by atoms with Crippen LogP contribution in [0.15, 0.2) is 16.7 Å². The predicted molar refractivity (Wildman–Crippen MR) is 67.9 cm³/mol. The maximum Gasteiger partial charge on any atom is 0.255 e. The number of rotatable bonds is 6. The topological polar surface area (TPSA) is 68.3 Å². The summed E-state index contributed by atoms with van der Waals surface area (Å²) in [4.78, 5) is 12.2. The summed E-state index contributed by atoms with van der Waals surface area (Å²) in [6.45, 7) is 6.48. The minimum Gasteiger partial charge on any atom is -0.469 e. The number of nitrogens with one attached hydrogen (secondary N) is 1. The molecule has 17 heavy (non-hydrogen) atoms. The van der Waals surface area contributed by atoms with Crippen LogP contribution in [0.3, 0.4) is 0 Å². The first-order valence-electron chi connectivity index (χ1n) is 6.21. The SMILES string of the molecule is CCc1occc1C(=O)NC(CC)(CC)CN. The maximum atomic E-state index is 12.2. The molecule has 1 rings (SSSR count). The second kappa shape index (κ2) is 5.87. The Morgan fingerprint density at radius 2 is 2.06 bits per heavy atom. The fourth-order valence-corrected chi connectivity index (χ4v) is 1.89. The van der Waals surface area contributed by atoms with Crippen LogP contribution in [0.4, 0.5) is 0 Å². The van der Waals surface area contributed by atoms with E-state index in [4.69, 9.17) is 10.2 Å². The lowest BCUT2D eigenvalue weighted by molar-refractivity contribution is 0.0893. The Labute approximate surface area is 103 Å². The summed E-state index contributed by atoms with van der Waals surface area (Å²) in [5.74, 6) is 0.630. The van der Waals surface area contributed by atoms with Crippen molar-refractivity contribution in [2.24, 2.45) is 5.73 Å². The fourth-order valence-electron chi connectivity index (χ4n) is 1.89. The van der Waals surface area contributed by atoms with E-state index < -0.39 is 0 Å². The van der Waals surface area contributed by atoms with E-state index in [-0.39, 0.29) is 11.4 Å². The molecule has 0 aliphatic carbocycles. The first-order chi connectivity index (χ1) is 8.12. The number of carbonyl (C=O) groups is 1. The minimum atomic E-state index is -0.306. The highest BCUT2D eigenvalue weighted by atomic mass is 16.3. The Hall–Kier alpha value is -1.29. The predicted octanol–water partition coefficient (Wildman–Crippen LogP) is 2.09. The number of hydrogen-bond acceptors (Lipinski definition) is 3. The number of hydrogen-bond donors (Lipinski definition) is 2. The molecule has 1 heterocycles. The molecule has 0 radical (unpaired) electrons. The van der Waals surface area contributed by atoms with Gasteiger partial charge < -0.3 is 15.5 Å². The Morgan fingerprint density at radius 1 is 1.41 bits per heavy atom. The van der Waals surface area contributed by atoms with Crippen LogP contribution in [-0.4, -0.2) is 18.0 Å². The second-order valence-corrected chi connectivity index (χ2v) is 4.26. The molecule has 0 atom stereocenters. The van der Waals surface area contributed by atoms with E-state index in [1.807, 2.05) is 20.8 Å². The summed E-state index contributed by atoms with van der Waals surface area (Å²) in [7, 11) is 0. The van der Waals surface area contributed by atoms with Crippen molar-refractivity contribution in [3.63, 3.8) is 0 Å². The van der Waals surface area contributed by atoms with Crippen LogP contribution in [0.5, 0.6) is 0 Å². The van der Waals surface area contributed by atoms with E-state index >= 15 is 0 Å². The first kappa shape index (κ1) is 13.8. The Bertz CT molecular complexity index is 359. The van der Waals surface area contributed by atoms with Gasteiger partial charge in [-0.1, -0.05) is 20.8 Å². The largest absolute Gasteiger partial charge is 0.469 e. The maximum absolute atomic E-state index is 12.2. The van der Waals surface area contributed by atoms with Gasteiger partial charge in [-0.3, -0.25) is 4.79 Å². The molecule has 0 aliphatic rings. The van der Waals surface area contributed by atoms with E-state index in [1.165, 1.54) is 0 Å². The first-order valence-corrected chi connectivity index (χ1v) is 6.21. The number of amides is 1. The van der Waals surface area contributed by atoms with Gasteiger partial charge in [0, 0.05) is 13.0 Å². The van der Waals surface area contributed by atoms with Gasteiger partial charge in [0.05, 0.1) is 17.4 Å². The quantitative estimate of drug-likeness (QED) is 0.797. The lowest BCUT2D eigenvalue weighted by atomic mass is 9.92. The highest BCUT2D eigenvalue weighted by Gasteiger charge is 2.27. The molecule has 3 N–H and O–H groups in total. The average molecular weight is 238 g/mol. The Morgan fingerprint density at radius 3 is 2.53 bits per heavy atom. The summed E-state index contributed by atoms with van der Waals surface area (Å²) < 4.78 is 5.26. The molecule has 0 fully saturated rings. The molecule has 4 nitrogen and oxygen atoms in total. The van der Waals surface area contributed by atoms with Crippen LogP contribution in [0, 0.1) is 0 Å². The fraction of sp³-hybridized carbons (Fsp3) is 0.615. The molecule has 0 bridgehead atoms. The van der Waals surface area contributed by atoms with Crippen molar-refractivity contribution < 1.29 is 9.21 Å². The van der Waals surface area contributed by atoms with Crippen LogP contribution in [0.25, 0.3) is 0 Å². The third-order valence-electron chi connectivity index (χ3n) is 3.43. The lowest BCUT2D eigenvalue weighted by Crippen LogP contribution is -2.52. The molecule has 1 aromatic rings. The second-order valence-electron chi connectivity index (χ2n) is 4.26. The highest BCUT2D eigenvalue weighted by molar-refractivity contribution is 5.95. The normalized spacial score (nSPS) is 11.5. The van der Waals surface area contributed by atoms with Crippen molar-refractivity contribution in [2.45, 2.75) is 45.6 Å². The molecule has 1 aromatic heterocycles. The lowest BCUT2D eigenvalue weighted by Gasteiger charge is -2.31. The van der Waals surface area contributed by atoms with E-state index in [0.29, 0.717) is 18.5 Å². The van der Waals surface area contributed by atoms with Crippen LogP contribution >= 0.6 is 0 Å². The smallest absolute Gasteiger partial charge is 0.255 e. The van der Waals surface area contributed by atoms with Gasteiger partial charge in [0.2, 0.25) is 0 Å². The summed E-state index contributed by atoms with van der Waals surface area (Å²) in [6, 6.07) is 1.71. The molecule has 0 saturated heterocycles. The van der Waals surface area contributed by atoms with Gasteiger partial charge >= 0.3 is 0 Å². The minimum absolute atomic E-state index is 0.0928. The van der Waals surface area contributed by atoms with Crippen molar-refractivity contribution in [3.8, 4) is 0 Å². The molecule has 4 heteroatoms. The van der Waals surface area contributed by atoms with E-state index in [1.54, 1.807) is 12.3 Å². The van der Waals surface area contributed by atoms with Gasteiger partial charge in [-0.05, 0) is 18.9 Å². The Kier molecular flexibility index (Phi) is 4.75. The standard InChI is InChI=1S/C13H22N2O2/c1-4-11-10(7-8-17-11)12(16)15-13(5-2,6-3)9-14/h7-8H,4-6,9,14H2,1-3H3,(H,15,16). The van der Waals surface area contributed by atoms with Crippen molar-refractivity contribution in [1.29, 1.82) is 0 Å². The van der Waals surface area contributed by atoms with E-state index in [0.717, 1.165) is 18.6 Å². The van der Waals surface area contributed by atoms with Crippen molar-refractivity contribution in [3.05, 3.63) is 23.7 Å². The van der Waals surface area contributed by atoms with Crippen LogP contribution in [0.2, 0.25) is 0 Å². The van der Waals surface area contributed by atoms with Gasteiger partial charge in [-0.2, -0.15) is 0 Å². The summed E-state index contributed by atoms with van der Waals surface area (Å²) in [5, 5.41) is 3.03. The molecular formula is C13H22N2O2. The molecule has 1 amide bonds. The van der Waals surface area contributed by atoms with Crippen LogP contribution in [0.1, 0.15) is 49.7 Å². The summed E-state index contributed by atoms with van der Waals surface area (Å²) >= 11 is 0. The Balaban J connectivity index is 2.84. The van der Waals surface area contributed by atoms with Crippen LogP contribution < -0.4 is 11.1 Å². The van der Waals surface area contributed by atoms with Crippen molar-refractivity contribution in [1.82, 2.24) is 5.32 Å². The molecule has 96 valence electrons. The highest BCUT2D eigenvalue weighted by Crippen LogP contribution is 2.17.